The topological polar surface area (TPSA) is 54.5 Å². The van der Waals surface area contributed by atoms with Crippen molar-refractivity contribution in [3.63, 3.8) is 0 Å². The van der Waals surface area contributed by atoms with Gasteiger partial charge in [0.15, 0.2) is 0 Å². The maximum atomic E-state index is 12.6. The van der Waals surface area contributed by atoms with Crippen LogP contribution in [0.4, 0.5) is 0 Å². The Labute approximate surface area is 146 Å². The van der Waals surface area contributed by atoms with Crippen LogP contribution in [-0.2, 0) is 4.74 Å². The highest BCUT2D eigenvalue weighted by molar-refractivity contribution is 6.32. The Morgan fingerprint density at radius 2 is 2.38 bits per heavy atom. The van der Waals surface area contributed by atoms with Gasteiger partial charge in [-0.15, -0.1) is 0 Å². The summed E-state index contributed by atoms with van der Waals surface area (Å²) in [6, 6.07) is 7.26. The van der Waals surface area contributed by atoms with Crippen molar-refractivity contribution in [2.45, 2.75) is 6.42 Å². The highest BCUT2D eigenvalue weighted by Gasteiger charge is 2.23. The van der Waals surface area contributed by atoms with Gasteiger partial charge >= 0.3 is 0 Å². The number of methoxy groups -OCH3 is 1. The van der Waals surface area contributed by atoms with Crippen LogP contribution in [0.3, 0.4) is 0 Å². The van der Waals surface area contributed by atoms with Crippen molar-refractivity contribution < 1.29 is 9.53 Å². The summed E-state index contributed by atoms with van der Waals surface area (Å²) in [7, 11) is 1.72. The maximum Gasteiger partial charge on any atom is 0.253 e. The molecule has 3 rings (SSSR count). The van der Waals surface area contributed by atoms with E-state index in [2.05, 4.69) is 15.2 Å². The van der Waals surface area contributed by atoms with E-state index in [-0.39, 0.29) is 5.91 Å². The molecule has 1 saturated heterocycles. The van der Waals surface area contributed by atoms with Crippen LogP contribution in [-0.4, -0.2) is 55.7 Å². The van der Waals surface area contributed by atoms with Crippen LogP contribution in [0, 0.1) is 5.92 Å². The van der Waals surface area contributed by atoms with Gasteiger partial charge in [0, 0.05) is 43.3 Å². The lowest BCUT2D eigenvalue weighted by Gasteiger charge is -2.16. The molecule has 0 saturated carbocycles. The van der Waals surface area contributed by atoms with Gasteiger partial charge in [-0.25, -0.2) is 0 Å². The number of amides is 1. The number of nitrogens with zero attached hydrogens (tertiary/aromatic N) is 2. The van der Waals surface area contributed by atoms with E-state index in [9.17, 15) is 4.79 Å². The average Bonchev–Trinajstić information content (AvgIpc) is 3.05. The number of pyridine rings is 1. The number of hydrogen-bond donors (Lipinski definition) is 1. The van der Waals surface area contributed by atoms with Crippen molar-refractivity contribution in [1.82, 2.24) is 15.2 Å². The van der Waals surface area contributed by atoms with E-state index in [4.69, 9.17) is 16.3 Å². The second kappa shape index (κ2) is 7.92. The first-order valence-corrected chi connectivity index (χ1v) is 8.59. The third-order valence-corrected chi connectivity index (χ3v) is 4.67. The van der Waals surface area contributed by atoms with Crippen LogP contribution < -0.4 is 5.32 Å². The van der Waals surface area contributed by atoms with E-state index in [1.54, 1.807) is 19.4 Å². The van der Waals surface area contributed by atoms with Gasteiger partial charge in [-0.1, -0.05) is 17.7 Å². The predicted octanol–water partition coefficient (Wildman–Crippen LogP) is 2.59. The summed E-state index contributed by atoms with van der Waals surface area (Å²) in [5.41, 5.74) is 1.22. The average molecular weight is 348 g/mol. The highest BCUT2D eigenvalue weighted by atomic mass is 35.5. The van der Waals surface area contributed by atoms with Crippen molar-refractivity contribution in [1.29, 1.82) is 0 Å². The monoisotopic (exact) mass is 347 g/mol. The Balaban J connectivity index is 1.62. The molecular weight excluding hydrogens is 326 g/mol. The number of ether oxygens (including phenoxy) is 1. The number of rotatable bonds is 6. The Morgan fingerprint density at radius 3 is 3.21 bits per heavy atom. The number of halogens is 1. The number of fused-ring (bicyclic) bond motifs is 1. The van der Waals surface area contributed by atoms with E-state index < -0.39 is 0 Å². The van der Waals surface area contributed by atoms with E-state index in [1.807, 2.05) is 18.2 Å². The summed E-state index contributed by atoms with van der Waals surface area (Å²) in [6.07, 6.45) is 2.79. The number of carbonyl (C=O) groups is 1. The molecule has 128 valence electrons. The Kier molecular flexibility index (Phi) is 5.66. The number of benzene rings is 1. The van der Waals surface area contributed by atoms with Crippen molar-refractivity contribution >= 4 is 28.4 Å². The third kappa shape index (κ3) is 4.04. The highest BCUT2D eigenvalue weighted by Crippen LogP contribution is 2.22. The van der Waals surface area contributed by atoms with Crippen LogP contribution in [0.25, 0.3) is 10.9 Å². The molecule has 1 unspecified atom stereocenters. The Bertz CT molecular complexity index is 722. The molecule has 24 heavy (non-hydrogen) atoms. The van der Waals surface area contributed by atoms with Crippen LogP contribution >= 0.6 is 11.6 Å². The minimum atomic E-state index is -0.114. The second-order valence-electron chi connectivity index (χ2n) is 6.19. The first kappa shape index (κ1) is 17.1. The molecule has 1 fully saturated rings. The number of carbonyl (C=O) groups excluding carboxylic acids is 1. The Hall–Kier alpha value is -1.69. The fourth-order valence-electron chi connectivity index (χ4n) is 3.16. The van der Waals surface area contributed by atoms with Crippen molar-refractivity contribution in [2.75, 3.05) is 39.9 Å². The second-order valence-corrected chi connectivity index (χ2v) is 6.62. The number of aromatic nitrogens is 1. The van der Waals surface area contributed by atoms with Crippen molar-refractivity contribution in [3.8, 4) is 0 Å². The molecular formula is C18H22ClN3O2. The van der Waals surface area contributed by atoms with Crippen molar-refractivity contribution in [2.24, 2.45) is 5.92 Å². The van der Waals surface area contributed by atoms with Gasteiger partial charge in [-0.05, 0) is 37.1 Å². The fraction of sp³-hybridized carbons (Fsp3) is 0.444. The van der Waals surface area contributed by atoms with Gasteiger partial charge in [0.2, 0.25) is 0 Å². The molecule has 2 aromatic rings. The minimum Gasteiger partial charge on any atom is -0.383 e. The van der Waals surface area contributed by atoms with E-state index in [0.717, 1.165) is 38.0 Å². The van der Waals surface area contributed by atoms with Gasteiger partial charge in [0.25, 0.3) is 5.91 Å². The van der Waals surface area contributed by atoms with Crippen molar-refractivity contribution in [3.05, 3.63) is 41.0 Å². The summed E-state index contributed by atoms with van der Waals surface area (Å²) in [6.45, 7) is 4.43. The molecule has 5 nitrogen and oxygen atoms in total. The molecule has 1 atom stereocenters. The SMILES string of the molecule is COCCN1CCC(CNC(=O)c2cc(Cl)cc3cccnc23)C1. The molecule has 1 aliphatic rings. The first-order valence-electron chi connectivity index (χ1n) is 8.21. The summed E-state index contributed by atoms with van der Waals surface area (Å²) in [5, 5.41) is 4.47. The lowest BCUT2D eigenvalue weighted by atomic mass is 10.1. The largest absolute Gasteiger partial charge is 0.383 e. The van der Waals surface area contributed by atoms with Crippen LogP contribution in [0.1, 0.15) is 16.8 Å². The normalized spacial score (nSPS) is 18.2. The minimum absolute atomic E-state index is 0.114. The molecule has 0 bridgehead atoms. The molecule has 0 radical (unpaired) electrons. The number of hydrogen-bond acceptors (Lipinski definition) is 4. The van der Waals surface area contributed by atoms with Crippen LogP contribution in [0.5, 0.6) is 0 Å². The maximum absolute atomic E-state index is 12.6. The van der Waals surface area contributed by atoms with Gasteiger partial charge in [-0.2, -0.15) is 0 Å². The molecule has 1 amide bonds. The quantitative estimate of drug-likeness (QED) is 0.872. The number of likely N-dealkylation sites (tertiary alicyclic amines) is 1. The van der Waals surface area contributed by atoms with Crippen LogP contribution in [0.2, 0.25) is 5.02 Å². The zero-order chi connectivity index (χ0) is 16.9. The molecule has 0 spiro atoms. The van der Waals surface area contributed by atoms with Crippen LogP contribution in [0.15, 0.2) is 30.5 Å². The third-order valence-electron chi connectivity index (χ3n) is 4.45. The number of nitrogens with one attached hydrogen (secondary N) is 1. The van der Waals surface area contributed by atoms with Gasteiger partial charge in [0.05, 0.1) is 17.7 Å². The smallest absolute Gasteiger partial charge is 0.253 e. The standard InChI is InChI=1S/C18H22ClN3O2/c1-24-8-7-22-6-4-13(12-22)11-21-18(23)16-10-15(19)9-14-3-2-5-20-17(14)16/h2-3,5,9-10,13H,4,6-8,11-12H2,1H3,(H,21,23). The van der Waals surface area contributed by atoms with Gasteiger partial charge < -0.3 is 15.0 Å². The summed E-state index contributed by atoms with van der Waals surface area (Å²) < 4.78 is 5.12. The molecule has 1 aromatic carbocycles. The van der Waals surface area contributed by atoms with E-state index in [0.29, 0.717) is 28.6 Å². The van der Waals surface area contributed by atoms with Gasteiger partial charge in [0.1, 0.15) is 0 Å². The predicted molar refractivity (Wildman–Crippen MR) is 95.5 cm³/mol. The lowest BCUT2D eigenvalue weighted by molar-refractivity contribution is 0.0948. The molecule has 1 aromatic heterocycles. The zero-order valence-corrected chi connectivity index (χ0v) is 14.6. The van der Waals surface area contributed by atoms with E-state index in [1.165, 1.54) is 0 Å². The fourth-order valence-corrected chi connectivity index (χ4v) is 3.39. The van der Waals surface area contributed by atoms with E-state index >= 15 is 0 Å². The molecule has 0 aliphatic carbocycles. The lowest BCUT2D eigenvalue weighted by Crippen LogP contribution is -2.32. The summed E-state index contributed by atoms with van der Waals surface area (Å²) in [5.74, 6) is 0.362. The Morgan fingerprint density at radius 1 is 1.50 bits per heavy atom. The molecule has 2 heterocycles. The first-order chi connectivity index (χ1) is 11.7. The summed E-state index contributed by atoms with van der Waals surface area (Å²) >= 11 is 6.14. The van der Waals surface area contributed by atoms with Gasteiger partial charge in [-0.3, -0.25) is 9.78 Å². The molecule has 1 aliphatic heterocycles. The summed E-state index contributed by atoms with van der Waals surface area (Å²) in [4.78, 5) is 19.3. The molecule has 1 N–H and O–H groups in total. The zero-order valence-electron chi connectivity index (χ0n) is 13.8. The molecule has 6 heteroatoms.